The maximum absolute atomic E-state index is 12.4. The second kappa shape index (κ2) is 8.41. The van der Waals surface area contributed by atoms with Crippen molar-refractivity contribution in [3.05, 3.63) is 35.3 Å². The molecule has 0 radical (unpaired) electrons. The van der Waals surface area contributed by atoms with Gasteiger partial charge in [-0.3, -0.25) is 14.1 Å². The third kappa shape index (κ3) is 6.25. The quantitative estimate of drug-likeness (QED) is 0.183. The van der Waals surface area contributed by atoms with Crippen molar-refractivity contribution in [2.24, 2.45) is 0 Å². The highest BCUT2D eigenvalue weighted by Crippen LogP contribution is 2.37. The lowest BCUT2D eigenvalue weighted by atomic mass is 10.0. The Morgan fingerprint density at radius 3 is 2.07 bits per heavy atom. The lowest BCUT2D eigenvalue weighted by Gasteiger charge is -2.21. The molecule has 160 valence electrons. The van der Waals surface area contributed by atoms with Gasteiger partial charge in [0.25, 0.3) is 0 Å². The van der Waals surface area contributed by atoms with Gasteiger partial charge < -0.3 is 29.2 Å². The molecular weight excluding hydrogens is 401 g/mol. The average Bonchev–Trinajstić information content (AvgIpc) is 3.46. The van der Waals surface area contributed by atoms with Gasteiger partial charge >= 0.3 is 7.82 Å². The number of allylic oxidation sites excluding steroid dienone is 1. The van der Waals surface area contributed by atoms with Gasteiger partial charge in [0.1, 0.15) is 11.4 Å². The minimum atomic E-state index is -4.44. The van der Waals surface area contributed by atoms with E-state index in [1.165, 1.54) is 13.0 Å². The lowest BCUT2D eigenvalue weighted by molar-refractivity contribution is -0.117. The van der Waals surface area contributed by atoms with Crippen molar-refractivity contribution in [2.45, 2.75) is 20.1 Å². The number of phosphoric ester groups is 1. The fourth-order valence-electron chi connectivity index (χ4n) is 2.76. The van der Waals surface area contributed by atoms with Crippen LogP contribution in [0, 0.1) is 0 Å². The number of carbonyl (C=O) groups is 2. The Bertz CT molecular complexity index is 819. The van der Waals surface area contributed by atoms with Crippen LogP contribution in [0.4, 0.5) is 0 Å². The molecule has 0 aromatic heterocycles. The first-order valence-electron chi connectivity index (χ1n) is 9.36. The Balaban J connectivity index is 0.000000179. The van der Waals surface area contributed by atoms with E-state index in [9.17, 15) is 14.2 Å². The van der Waals surface area contributed by atoms with Crippen molar-refractivity contribution in [3.8, 4) is 0 Å². The standard InChI is InChI=1S/C12H13N3O2.C6H13O5P/c16-9-7-8(13-1-2-13)12(17)11(15-5-6-15)10(9)14-3-4-14;1-5(2)4-10-6(3)11-12(7,8)9/h7H,1-6H2;6H,1,4H2,2-3H3,(H2,7,8,9). The molecule has 0 saturated carbocycles. The Morgan fingerprint density at radius 2 is 1.62 bits per heavy atom. The van der Waals surface area contributed by atoms with Crippen LogP contribution in [0.15, 0.2) is 35.3 Å². The van der Waals surface area contributed by atoms with Crippen molar-refractivity contribution >= 4 is 19.4 Å². The smallest absolute Gasteiger partial charge is 0.365 e. The second-order valence-corrected chi connectivity index (χ2v) is 8.51. The van der Waals surface area contributed by atoms with Crippen LogP contribution in [0.1, 0.15) is 13.8 Å². The van der Waals surface area contributed by atoms with E-state index in [0.29, 0.717) is 17.1 Å². The third-order valence-corrected chi connectivity index (χ3v) is 4.91. The first-order chi connectivity index (χ1) is 13.6. The zero-order chi connectivity index (χ0) is 21.3. The van der Waals surface area contributed by atoms with Crippen molar-refractivity contribution < 1.29 is 33.2 Å². The molecule has 3 aliphatic heterocycles. The van der Waals surface area contributed by atoms with Crippen LogP contribution in [0.25, 0.3) is 0 Å². The summed E-state index contributed by atoms with van der Waals surface area (Å²) in [6.07, 6.45) is 0.596. The fourth-order valence-corrected chi connectivity index (χ4v) is 3.21. The Kier molecular flexibility index (Phi) is 6.30. The summed E-state index contributed by atoms with van der Waals surface area (Å²) in [7, 11) is -4.44. The Morgan fingerprint density at radius 1 is 1.10 bits per heavy atom. The highest BCUT2D eigenvalue weighted by molar-refractivity contribution is 7.46. The predicted octanol–water partition coefficient (Wildman–Crippen LogP) is 0.215. The van der Waals surface area contributed by atoms with Crippen LogP contribution in [0.3, 0.4) is 0 Å². The number of ether oxygens (including phenoxy) is 1. The van der Waals surface area contributed by atoms with Crippen molar-refractivity contribution in [1.82, 2.24) is 14.7 Å². The maximum Gasteiger partial charge on any atom is 0.471 e. The molecule has 0 spiro atoms. The summed E-state index contributed by atoms with van der Waals surface area (Å²) >= 11 is 0. The van der Waals surface area contributed by atoms with E-state index in [-0.39, 0.29) is 18.2 Å². The largest absolute Gasteiger partial charge is 0.471 e. The number of carbonyl (C=O) groups excluding carboxylic acids is 2. The molecule has 11 heteroatoms. The lowest BCUT2D eigenvalue weighted by Crippen LogP contribution is -2.29. The van der Waals surface area contributed by atoms with E-state index in [0.717, 1.165) is 44.8 Å². The number of hydrogen-bond acceptors (Lipinski definition) is 8. The number of ketones is 2. The topological polar surface area (TPSA) is 119 Å². The van der Waals surface area contributed by atoms with Crippen LogP contribution in [0.2, 0.25) is 0 Å². The normalized spacial score (nSPS) is 21.5. The van der Waals surface area contributed by atoms with E-state index in [2.05, 4.69) is 11.1 Å². The second-order valence-electron chi connectivity index (χ2n) is 7.31. The molecule has 4 rings (SSSR count). The summed E-state index contributed by atoms with van der Waals surface area (Å²) in [5.74, 6) is 0.0485. The number of phosphoric acid groups is 1. The summed E-state index contributed by atoms with van der Waals surface area (Å²) in [5, 5.41) is 0. The first-order valence-corrected chi connectivity index (χ1v) is 10.9. The minimum Gasteiger partial charge on any atom is -0.365 e. The zero-order valence-corrected chi connectivity index (χ0v) is 17.4. The molecule has 29 heavy (non-hydrogen) atoms. The first kappa shape index (κ1) is 21.7. The highest BCUT2D eigenvalue weighted by atomic mass is 31.2. The Labute approximate surface area is 169 Å². The zero-order valence-electron chi connectivity index (χ0n) is 16.5. The van der Waals surface area contributed by atoms with E-state index in [4.69, 9.17) is 14.5 Å². The van der Waals surface area contributed by atoms with Crippen LogP contribution >= 0.6 is 7.82 Å². The maximum atomic E-state index is 12.4. The van der Waals surface area contributed by atoms with E-state index in [1.54, 1.807) is 6.92 Å². The molecular formula is C18H26N3O7P. The molecule has 3 fully saturated rings. The average molecular weight is 427 g/mol. The van der Waals surface area contributed by atoms with Crippen LogP contribution in [-0.2, 0) is 23.4 Å². The number of rotatable bonds is 8. The molecule has 10 nitrogen and oxygen atoms in total. The molecule has 0 amide bonds. The summed E-state index contributed by atoms with van der Waals surface area (Å²) in [4.78, 5) is 47.1. The fraction of sp³-hybridized carbons (Fsp3) is 0.556. The molecule has 0 aromatic rings. The van der Waals surface area contributed by atoms with Crippen molar-refractivity contribution in [3.63, 3.8) is 0 Å². The Hall–Kier alpha value is -1.97. The van der Waals surface area contributed by atoms with Gasteiger partial charge in [0.05, 0.1) is 12.3 Å². The van der Waals surface area contributed by atoms with Crippen molar-refractivity contribution in [1.29, 1.82) is 0 Å². The summed E-state index contributed by atoms with van der Waals surface area (Å²) < 4.78 is 19.3. The molecule has 0 bridgehead atoms. The molecule has 4 aliphatic rings. The van der Waals surface area contributed by atoms with Gasteiger partial charge in [-0.1, -0.05) is 12.2 Å². The molecule has 3 heterocycles. The highest BCUT2D eigenvalue weighted by Gasteiger charge is 2.43. The van der Waals surface area contributed by atoms with Gasteiger partial charge in [-0.25, -0.2) is 4.57 Å². The van der Waals surface area contributed by atoms with Gasteiger partial charge in [0.2, 0.25) is 11.6 Å². The monoisotopic (exact) mass is 427 g/mol. The van der Waals surface area contributed by atoms with Gasteiger partial charge in [0.15, 0.2) is 6.29 Å². The molecule has 2 N–H and O–H groups in total. The molecule has 1 atom stereocenters. The summed E-state index contributed by atoms with van der Waals surface area (Å²) in [5.41, 5.74) is 2.65. The molecule has 1 unspecified atom stereocenters. The summed E-state index contributed by atoms with van der Waals surface area (Å²) in [6.45, 7) is 12.3. The van der Waals surface area contributed by atoms with Gasteiger partial charge in [-0.15, -0.1) is 0 Å². The van der Waals surface area contributed by atoms with Gasteiger partial charge in [-0.05, 0) is 13.8 Å². The van der Waals surface area contributed by atoms with Crippen LogP contribution in [0.5, 0.6) is 0 Å². The van der Waals surface area contributed by atoms with Crippen LogP contribution < -0.4 is 0 Å². The van der Waals surface area contributed by atoms with Crippen molar-refractivity contribution in [2.75, 3.05) is 45.9 Å². The van der Waals surface area contributed by atoms with E-state index >= 15 is 0 Å². The minimum absolute atomic E-state index is 0.00546. The SMILES string of the molecule is C=C(C)COC(C)OP(=O)(O)O.O=C1C=C(N2CC2)C(=O)C(N2CC2)=C1N1CC1. The van der Waals surface area contributed by atoms with Gasteiger partial charge in [-0.2, -0.15) is 0 Å². The van der Waals surface area contributed by atoms with Gasteiger partial charge in [0, 0.05) is 45.3 Å². The molecule has 3 saturated heterocycles. The third-order valence-electron chi connectivity index (χ3n) is 4.34. The number of hydrogen-bond donors (Lipinski definition) is 2. The molecule has 0 aromatic carbocycles. The number of Topliss-reactive ketones (excluding diaryl/α,β-unsaturated/α-hetero) is 1. The van der Waals surface area contributed by atoms with E-state index < -0.39 is 14.1 Å². The van der Waals surface area contributed by atoms with E-state index in [1.807, 2.05) is 14.7 Å². The summed E-state index contributed by atoms with van der Waals surface area (Å²) in [6, 6.07) is 0. The van der Waals surface area contributed by atoms with Crippen LogP contribution in [-0.4, -0.2) is 88.2 Å². The number of nitrogens with zero attached hydrogens (tertiary/aromatic N) is 3. The predicted molar refractivity (Wildman–Crippen MR) is 103 cm³/mol. The molecule has 1 aliphatic carbocycles.